The molecule has 1 amide bonds. The zero-order valence-electron chi connectivity index (χ0n) is 13.6. The molecule has 4 nitrogen and oxygen atoms in total. The lowest BCUT2D eigenvalue weighted by Crippen LogP contribution is -2.46. The molecule has 1 heterocycles. The number of halogens is 1. The minimum atomic E-state index is -0.849. The highest BCUT2D eigenvalue weighted by Gasteiger charge is 2.29. The number of hydrogen-bond donors (Lipinski definition) is 1. The van der Waals surface area contributed by atoms with Crippen LogP contribution in [0.2, 0.25) is 0 Å². The van der Waals surface area contributed by atoms with Gasteiger partial charge in [0, 0.05) is 13.7 Å². The number of amides is 1. The van der Waals surface area contributed by atoms with Crippen LogP contribution in [0.15, 0.2) is 24.3 Å². The van der Waals surface area contributed by atoms with E-state index in [1.807, 2.05) is 0 Å². The summed E-state index contributed by atoms with van der Waals surface area (Å²) in [5.41, 5.74) is 0.178. The molecule has 1 fully saturated rings. The maximum atomic E-state index is 13.1. The van der Waals surface area contributed by atoms with Crippen molar-refractivity contribution < 1.29 is 13.9 Å². The van der Waals surface area contributed by atoms with E-state index in [2.05, 4.69) is 10.2 Å². The lowest BCUT2D eigenvalue weighted by molar-refractivity contribution is -0.139. The Kier molecular flexibility index (Phi) is 5.53. The number of carbonyl (C=O) groups is 1. The van der Waals surface area contributed by atoms with Crippen molar-refractivity contribution in [2.75, 3.05) is 26.7 Å². The first-order valence-corrected chi connectivity index (χ1v) is 7.77. The average molecular weight is 308 g/mol. The Bertz CT molecular complexity index is 496. The number of benzene rings is 1. The third kappa shape index (κ3) is 4.05. The van der Waals surface area contributed by atoms with Gasteiger partial charge in [0.05, 0.1) is 6.04 Å². The van der Waals surface area contributed by atoms with Crippen LogP contribution in [0.5, 0.6) is 0 Å². The van der Waals surface area contributed by atoms with Crippen molar-refractivity contribution in [3.05, 3.63) is 35.6 Å². The summed E-state index contributed by atoms with van der Waals surface area (Å²) < 4.78 is 18.3. The van der Waals surface area contributed by atoms with Crippen molar-refractivity contribution in [3.63, 3.8) is 0 Å². The van der Waals surface area contributed by atoms with Crippen LogP contribution in [-0.4, -0.2) is 43.2 Å². The molecule has 2 rings (SSSR count). The highest BCUT2D eigenvalue weighted by molar-refractivity contribution is 5.84. The Balaban J connectivity index is 2.08. The number of nitrogens with zero attached hydrogens (tertiary/aromatic N) is 1. The van der Waals surface area contributed by atoms with Gasteiger partial charge in [-0.3, -0.25) is 9.69 Å². The van der Waals surface area contributed by atoms with Gasteiger partial charge in [-0.2, -0.15) is 0 Å². The number of carbonyl (C=O) groups excluding carboxylic acids is 1. The lowest BCUT2D eigenvalue weighted by atomic mass is 10.0. The monoisotopic (exact) mass is 308 g/mol. The predicted octanol–water partition coefficient (Wildman–Crippen LogP) is 2.50. The van der Waals surface area contributed by atoms with Gasteiger partial charge in [-0.25, -0.2) is 4.39 Å². The number of ether oxygens (including phenoxy) is 1. The van der Waals surface area contributed by atoms with Crippen LogP contribution in [0, 0.1) is 5.82 Å². The fourth-order valence-electron chi connectivity index (χ4n) is 2.69. The van der Waals surface area contributed by atoms with Crippen molar-refractivity contribution in [2.45, 2.75) is 38.3 Å². The van der Waals surface area contributed by atoms with E-state index in [0.29, 0.717) is 6.54 Å². The summed E-state index contributed by atoms with van der Waals surface area (Å²) in [4.78, 5) is 14.5. The van der Waals surface area contributed by atoms with Crippen molar-refractivity contribution in [3.8, 4) is 0 Å². The molecule has 1 saturated heterocycles. The number of methoxy groups -OCH3 is 1. The molecule has 0 unspecified atom stereocenters. The smallest absolute Gasteiger partial charge is 0.251 e. The van der Waals surface area contributed by atoms with Crippen LogP contribution in [0.3, 0.4) is 0 Å². The van der Waals surface area contributed by atoms with Crippen LogP contribution in [0.25, 0.3) is 0 Å². The zero-order chi connectivity index (χ0) is 16.2. The Labute approximate surface area is 131 Å². The second-order valence-electron chi connectivity index (χ2n) is 6.23. The fraction of sp³-hybridized carbons (Fsp3) is 0.588. The van der Waals surface area contributed by atoms with E-state index in [1.54, 1.807) is 26.0 Å². The van der Waals surface area contributed by atoms with E-state index >= 15 is 0 Å². The van der Waals surface area contributed by atoms with Gasteiger partial charge in [-0.15, -0.1) is 0 Å². The molecule has 0 aromatic heterocycles. The predicted molar refractivity (Wildman–Crippen MR) is 84.0 cm³/mol. The number of rotatable bonds is 6. The normalized spacial score (nSPS) is 17.5. The van der Waals surface area contributed by atoms with Gasteiger partial charge in [-0.05, 0) is 57.5 Å². The van der Waals surface area contributed by atoms with E-state index in [4.69, 9.17) is 4.74 Å². The van der Waals surface area contributed by atoms with Crippen molar-refractivity contribution in [2.24, 2.45) is 0 Å². The van der Waals surface area contributed by atoms with Gasteiger partial charge in [0.15, 0.2) is 0 Å². The highest BCUT2D eigenvalue weighted by atomic mass is 19.1. The summed E-state index contributed by atoms with van der Waals surface area (Å²) >= 11 is 0. The van der Waals surface area contributed by atoms with Crippen LogP contribution in [0.4, 0.5) is 4.39 Å². The summed E-state index contributed by atoms with van der Waals surface area (Å²) in [6, 6.07) is 6.61. The summed E-state index contributed by atoms with van der Waals surface area (Å²) in [6.07, 6.45) is 2.32. The average Bonchev–Trinajstić information content (AvgIpc) is 3.03. The molecule has 1 aliphatic rings. The molecule has 0 saturated carbocycles. The number of nitrogens with one attached hydrogen (secondary N) is 1. The van der Waals surface area contributed by atoms with Crippen LogP contribution < -0.4 is 5.32 Å². The maximum Gasteiger partial charge on any atom is 0.251 e. The van der Waals surface area contributed by atoms with Crippen LogP contribution >= 0.6 is 0 Å². The summed E-state index contributed by atoms with van der Waals surface area (Å²) in [5, 5.41) is 2.96. The molecular weight excluding hydrogens is 283 g/mol. The number of hydrogen-bond acceptors (Lipinski definition) is 3. The fourth-order valence-corrected chi connectivity index (χ4v) is 2.69. The molecule has 122 valence electrons. The van der Waals surface area contributed by atoms with E-state index < -0.39 is 5.60 Å². The van der Waals surface area contributed by atoms with E-state index in [-0.39, 0.29) is 17.8 Å². The highest BCUT2D eigenvalue weighted by Crippen LogP contribution is 2.25. The molecule has 1 atom stereocenters. The second kappa shape index (κ2) is 7.20. The van der Waals surface area contributed by atoms with Crippen molar-refractivity contribution >= 4 is 5.91 Å². The molecule has 0 spiro atoms. The lowest BCUT2D eigenvalue weighted by Gasteiger charge is -2.30. The van der Waals surface area contributed by atoms with Crippen molar-refractivity contribution in [1.29, 1.82) is 0 Å². The minimum absolute atomic E-state index is 0.0692. The van der Waals surface area contributed by atoms with Gasteiger partial charge in [0.1, 0.15) is 11.4 Å². The zero-order valence-corrected chi connectivity index (χ0v) is 13.6. The van der Waals surface area contributed by atoms with E-state index in [1.165, 1.54) is 19.2 Å². The Morgan fingerprint density at radius 1 is 1.32 bits per heavy atom. The molecule has 0 aliphatic carbocycles. The second-order valence-corrected chi connectivity index (χ2v) is 6.23. The number of likely N-dealkylation sites (tertiary alicyclic amines) is 1. The summed E-state index contributed by atoms with van der Waals surface area (Å²) in [6.45, 7) is 5.99. The van der Waals surface area contributed by atoms with Gasteiger partial charge in [0.2, 0.25) is 0 Å². The molecule has 1 aromatic rings. The molecule has 0 bridgehead atoms. The van der Waals surface area contributed by atoms with E-state index in [9.17, 15) is 9.18 Å². The minimum Gasteiger partial charge on any atom is -0.369 e. The standard InChI is InChI=1S/C17H25FN2O2/c1-17(2,22-3)16(21)19-12-15(20-10-4-5-11-20)13-6-8-14(18)9-7-13/h6-9,15H,4-5,10-12H2,1-3H3,(H,19,21)/t15-/m0/s1. The third-order valence-corrected chi connectivity index (χ3v) is 4.35. The van der Waals surface area contributed by atoms with Crippen LogP contribution in [0.1, 0.15) is 38.3 Å². The summed E-state index contributed by atoms with van der Waals surface area (Å²) in [7, 11) is 1.53. The first-order valence-electron chi connectivity index (χ1n) is 7.77. The molecule has 1 aliphatic heterocycles. The maximum absolute atomic E-state index is 13.1. The van der Waals surface area contributed by atoms with Crippen LogP contribution in [-0.2, 0) is 9.53 Å². The molecular formula is C17H25FN2O2. The largest absolute Gasteiger partial charge is 0.369 e. The van der Waals surface area contributed by atoms with Crippen molar-refractivity contribution in [1.82, 2.24) is 10.2 Å². The Morgan fingerprint density at radius 2 is 1.91 bits per heavy atom. The molecule has 5 heteroatoms. The Morgan fingerprint density at radius 3 is 2.45 bits per heavy atom. The third-order valence-electron chi connectivity index (χ3n) is 4.35. The topological polar surface area (TPSA) is 41.6 Å². The van der Waals surface area contributed by atoms with Gasteiger partial charge in [-0.1, -0.05) is 12.1 Å². The summed E-state index contributed by atoms with van der Waals surface area (Å²) in [5.74, 6) is -0.380. The first-order chi connectivity index (χ1) is 10.4. The van der Waals surface area contributed by atoms with Gasteiger partial charge < -0.3 is 10.1 Å². The first kappa shape index (κ1) is 16.9. The molecule has 1 aromatic carbocycles. The molecule has 1 N–H and O–H groups in total. The Hall–Kier alpha value is -1.46. The van der Waals surface area contributed by atoms with Gasteiger partial charge in [0.25, 0.3) is 5.91 Å². The SMILES string of the molecule is COC(C)(C)C(=O)NC[C@@H](c1ccc(F)cc1)N1CCCC1. The quantitative estimate of drug-likeness (QED) is 0.878. The molecule has 22 heavy (non-hydrogen) atoms. The van der Waals surface area contributed by atoms with E-state index in [0.717, 1.165) is 31.5 Å². The van der Waals surface area contributed by atoms with Gasteiger partial charge >= 0.3 is 0 Å². The molecule has 0 radical (unpaired) electrons.